The lowest BCUT2D eigenvalue weighted by molar-refractivity contribution is -0.168. The van der Waals surface area contributed by atoms with E-state index in [0.29, 0.717) is 13.2 Å². The molecular formula is C29H46O4Si2. The Kier molecular flexibility index (Phi) is 9.57. The molecule has 1 heterocycles. The molecule has 0 aliphatic carbocycles. The lowest BCUT2D eigenvalue weighted by Gasteiger charge is -2.39. The van der Waals surface area contributed by atoms with Crippen LogP contribution >= 0.6 is 0 Å². The summed E-state index contributed by atoms with van der Waals surface area (Å²) in [4.78, 5) is 0. The molecule has 1 aliphatic rings. The van der Waals surface area contributed by atoms with E-state index in [1.165, 1.54) is 23.1 Å². The largest absolute Gasteiger partial charge is 0.413 e. The number of ether oxygens (including phenoxy) is 2. The van der Waals surface area contributed by atoms with Gasteiger partial charge in [0.2, 0.25) is 0 Å². The van der Waals surface area contributed by atoms with Crippen LogP contribution in [0, 0.1) is 0 Å². The highest BCUT2D eigenvalue weighted by molar-refractivity contribution is 6.74. The molecule has 0 radical (unpaired) electrons. The Balaban J connectivity index is 1.88. The highest BCUT2D eigenvalue weighted by Gasteiger charge is 2.40. The van der Waals surface area contributed by atoms with Crippen molar-refractivity contribution in [2.75, 3.05) is 6.61 Å². The van der Waals surface area contributed by atoms with Crippen LogP contribution in [0.3, 0.4) is 0 Å². The first-order valence-corrected chi connectivity index (χ1v) is 19.4. The fourth-order valence-electron chi connectivity index (χ4n) is 3.82. The summed E-state index contributed by atoms with van der Waals surface area (Å²) in [5.41, 5.74) is 4.70. The molecule has 2 atom stereocenters. The second-order valence-electron chi connectivity index (χ2n) is 12.3. The molecule has 1 saturated heterocycles. The molecule has 0 amide bonds. The SMILES string of the molecule is CC(C)(C)[Si](C)(C)OC(c1cccc(COC2CCCCO2)c1)c1cccc(CO[Si](C)(C)C)c1. The zero-order valence-corrected chi connectivity index (χ0v) is 25.1. The maximum absolute atomic E-state index is 7.07. The van der Waals surface area contributed by atoms with Crippen LogP contribution in [-0.4, -0.2) is 29.5 Å². The second kappa shape index (κ2) is 11.8. The molecule has 0 N–H and O–H groups in total. The van der Waals surface area contributed by atoms with Gasteiger partial charge in [0, 0.05) is 6.61 Å². The maximum Gasteiger partial charge on any atom is 0.193 e. The van der Waals surface area contributed by atoms with Gasteiger partial charge in [-0.15, -0.1) is 0 Å². The minimum Gasteiger partial charge on any atom is -0.413 e. The molecule has 2 aromatic rings. The van der Waals surface area contributed by atoms with Crippen molar-refractivity contribution in [2.24, 2.45) is 0 Å². The minimum atomic E-state index is -2.04. The van der Waals surface area contributed by atoms with Crippen molar-refractivity contribution < 1.29 is 18.3 Å². The van der Waals surface area contributed by atoms with Gasteiger partial charge in [0.25, 0.3) is 0 Å². The van der Waals surface area contributed by atoms with Gasteiger partial charge < -0.3 is 18.3 Å². The van der Waals surface area contributed by atoms with Crippen LogP contribution in [0.25, 0.3) is 0 Å². The third-order valence-corrected chi connectivity index (χ3v) is 12.4. The molecule has 0 spiro atoms. The van der Waals surface area contributed by atoms with Crippen LogP contribution in [-0.2, 0) is 31.5 Å². The zero-order valence-electron chi connectivity index (χ0n) is 23.1. The lowest BCUT2D eigenvalue weighted by atomic mass is 9.98. The van der Waals surface area contributed by atoms with E-state index in [0.717, 1.165) is 25.0 Å². The number of hydrogen-bond donors (Lipinski definition) is 0. The Hall–Kier alpha value is -1.29. The molecule has 6 heteroatoms. The fourth-order valence-corrected chi connectivity index (χ4v) is 5.64. The summed E-state index contributed by atoms with van der Waals surface area (Å²) in [6.07, 6.45) is 3.06. The van der Waals surface area contributed by atoms with E-state index in [2.05, 4.69) is 102 Å². The van der Waals surface area contributed by atoms with Gasteiger partial charge >= 0.3 is 0 Å². The van der Waals surface area contributed by atoms with E-state index in [4.69, 9.17) is 18.3 Å². The van der Waals surface area contributed by atoms with E-state index >= 15 is 0 Å². The van der Waals surface area contributed by atoms with E-state index in [1.54, 1.807) is 0 Å². The quantitative estimate of drug-likeness (QED) is 0.299. The number of rotatable bonds is 10. The van der Waals surface area contributed by atoms with Crippen LogP contribution in [0.4, 0.5) is 0 Å². The first-order chi connectivity index (χ1) is 16.3. The number of hydrogen-bond acceptors (Lipinski definition) is 4. The van der Waals surface area contributed by atoms with E-state index in [-0.39, 0.29) is 17.4 Å². The van der Waals surface area contributed by atoms with Crippen LogP contribution in [0.2, 0.25) is 37.8 Å². The molecular weight excluding hydrogens is 468 g/mol. The van der Waals surface area contributed by atoms with Crippen LogP contribution < -0.4 is 0 Å². The second-order valence-corrected chi connectivity index (χ2v) is 21.5. The summed E-state index contributed by atoms with van der Waals surface area (Å²) in [6.45, 7) is 20.2. The molecule has 0 aromatic heterocycles. The van der Waals surface area contributed by atoms with Crippen molar-refractivity contribution in [1.82, 2.24) is 0 Å². The summed E-state index contributed by atoms with van der Waals surface area (Å²) >= 11 is 0. The first-order valence-electron chi connectivity index (χ1n) is 13.1. The highest BCUT2D eigenvalue weighted by atomic mass is 28.4. The molecule has 1 fully saturated rings. The summed E-state index contributed by atoms with van der Waals surface area (Å²) in [7, 11) is -3.63. The van der Waals surface area contributed by atoms with Crippen molar-refractivity contribution >= 4 is 16.6 Å². The average Bonchev–Trinajstić information content (AvgIpc) is 2.80. The van der Waals surface area contributed by atoms with Gasteiger partial charge in [-0.05, 0) is 79.3 Å². The molecule has 1 aliphatic heterocycles. The first kappa shape index (κ1) is 28.3. The third-order valence-electron chi connectivity index (χ3n) is 6.97. The topological polar surface area (TPSA) is 36.9 Å². The molecule has 4 nitrogen and oxygen atoms in total. The Morgan fingerprint density at radius 1 is 0.886 bits per heavy atom. The molecule has 0 saturated carbocycles. The molecule has 2 unspecified atom stereocenters. The molecule has 35 heavy (non-hydrogen) atoms. The molecule has 2 aromatic carbocycles. The van der Waals surface area contributed by atoms with Gasteiger partial charge in [-0.25, -0.2) is 0 Å². The van der Waals surface area contributed by atoms with Crippen molar-refractivity contribution in [1.29, 1.82) is 0 Å². The van der Waals surface area contributed by atoms with Crippen molar-refractivity contribution in [3.05, 3.63) is 70.8 Å². The Morgan fingerprint density at radius 3 is 2.00 bits per heavy atom. The zero-order chi connectivity index (χ0) is 25.7. The fraction of sp³-hybridized carbons (Fsp3) is 0.586. The smallest absolute Gasteiger partial charge is 0.193 e. The Bertz CT molecular complexity index is 940. The normalized spacial score (nSPS) is 18.5. The predicted octanol–water partition coefficient (Wildman–Crippen LogP) is 8.19. The summed E-state index contributed by atoms with van der Waals surface area (Å²) < 4.78 is 25.1. The summed E-state index contributed by atoms with van der Waals surface area (Å²) in [5, 5.41) is 0.114. The predicted molar refractivity (Wildman–Crippen MR) is 150 cm³/mol. The lowest BCUT2D eigenvalue weighted by Crippen LogP contribution is -2.42. The van der Waals surface area contributed by atoms with Crippen molar-refractivity contribution in [3.63, 3.8) is 0 Å². The van der Waals surface area contributed by atoms with Gasteiger partial charge in [0.05, 0.1) is 19.3 Å². The van der Waals surface area contributed by atoms with Crippen LogP contribution in [0.1, 0.15) is 68.4 Å². The molecule has 3 rings (SSSR count). The van der Waals surface area contributed by atoms with E-state index in [1.807, 2.05) is 0 Å². The van der Waals surface area contributed by atoms with E-state index < -0.39 is 16.6 Å². The highest BCUT2D eigenvalue weighted by Crippen LogP contribution is 2.41. The van der Waals surface area contributed by atoms with Gasteiger partial charge in [0.15, 0.2) is 22.9 Å². The number of benzene rings is 2. The van der Waals surface area contributed by atoms with Crippen molar-refractivity contribution in [3.8, 4) is 0 Å². The molecule has 194 valence electrons. The summed E-state index contributed by atoms with van der Waals surface area (Å²) in [6, 6.07) is 17.4. The van der Waals surface area contributed by atoms with Gasteiger partial charge in [-0.3, -0.25) is 0 Å². The maximum atomic E-state index is 7.07. The minimum absolute atomic E-state index is 0.0882. The van der Waals surface area contributed by atoms with Gasteiger partial charge in [0.1, 0.15) is 0 Å². The Labute approximate surface area is 215 Å². The van der Waals surface area contributed by atoms with Gasteiger partial charge in [-0.2, -0.15) is 0 Å². The van der Waals surface area contributed by atoms with Gasteiger partial charge in [-0.1, -0.05) is 69.3 Å². The summed E-state index contributed by atoms with van der Waals surface area (Å²) in [5.74, 6) is 0. The van der Waals surface area contributed by atoms with Crippen molar-refractivity contribution in [2.45, 2.75) is 103 Å². The van der Waals surface area contributed by atoms with Crippen LogP contribution in [0.15, 0.2) is 48.5 Å². The monoisotopic (exact) mass is 514 g/mol. The standard InChI is InChI=1S/C29H46O4Si2/c1-29(2,3)35(7,8)33-28(26-16-12-14-24(20-26)22-32-34(4,5)6)25-15-11-13-23(19-25)21-31-27-17-9-10-18-30-27/h11-16,19-20,27-28H,9-10,17-18,21-22H2,1-8H3. The average molecular weight is 515 g/mol. The van der Waals surface area contributed by atoms with E-state index in [9.17, 15) is 0 Å². The molecule has 0 bridgehead atoms. The van der Waals surface area contributed by atoms with Crippen LogP contribution in [0.5, 0.6) is 0 Å². The third kappa shape index (κ3) is 8.65. The Morgan fingerprint density at radius 2 is 1.49 bits per heavy atom.